The maximum Gasteiger partial charge on any atom is 0.166 e. The Kier molecular flexibility index (Phi) is 5.74. The average molecular weight is 725 g/mol. The summed E-state index contributed by atoms with van der Waals surface area (Å²) in [6.07, 6.45) is 0. The van der Waals surface area contributed by atoms with Crippen molar-refractivity contribution in [3.63, 3.8) is 0 Å². The highest BCUT2D eigenvalue weighted by Crippen LogP contribution is 2.39. The van der Waals surface area contributed by atoms with Gasteiger partial charge in [0.25, 0.3) is 0 Å². The first kappa shape index (κ1) is 24.6. The van der Waals surface area contributed by atoms with Gasteiger partial charge in [-0.15, -0.1) is 0 Å². The number of furan rings is 1. The lowest BCUT2D eigenvalue weighted by Gasteiger charge is -2.16. The second-order valence-electron chi connectivity index (χ2n) is 13.4. The Hall–Kier alpha value is -7.63. The molecule has 3 heterocycles. The maximum absolute atomic E-state index is 9.32. The molecule has 0 unspecified atom stereocenters. The molecule has 0 fully saturated rings. The quantitative estimate of drug-likeness (QED) is 0.171. The van der Waals surface area contributed by atoms with Crippen LogP contribution >= 0.6 is 0 Å². The molecule has 56 heavy (non-hydrogen) atoms. The van der Waals surface area contributed by atoms with E-state index in [4.69, 9.17) is 27.6 Å². The molecule has 0 amide bonds. The lowest BCUT2D eigenvalue weighted by molar-refractivity contribution is 0.669. The van der Waals surface area contributed by atoms with Crippen LogP contribution in [0.2, 0.25) is 0 Å². The van der Waals surface area contributed by atoms with E-state index < -0.39 is 48.3 Å². The molecule has 0 saturated heterocycles. The molecule has 5 nitrogen and oxygen atoms in total. The zero-order valence-electron chi connectivity index (χ0n) is 37.6. The van der Waals surface area contributed by atoms with Crippen LogP contribution in [0.4, 0.5) is 0 Å². The predicted molar refractivity (Wildman–Crippen MR) is 229 cm³/mol. The summed E-state index contributed by atoms with van der Waals surface area (Å²) in [5.41, 5.74) is 7.07. The molecule has 0 spiro atoms. The second kappa shape index (κ2) is 13.0. The summed E-state index contributed by atoms with van der Waals surface area (Å²) >= 11 is 0. The summed E-state index contributed by atoms with van der Waals surface area (Å²) in [5, 5.41) is 1.84. The van der Waals surface area contributed by atoms with Crippen LogP contribution in [0.25, 0.3) is 106 Å². The molecule has 11 aromatic rings. The molecule has 0 bridgehead atoms. The van der Waals surface area contributed by atoms with E-state index in [1.54, 1.807) is 0 Å². The van der Waals surface area contributed by atoms with Gasteiger partial charge in [0.1, 0.15) is 11.2 Å². The first-order valence-corrected chi connectivity index (χ1v) is 18.1. The lowest BCUT2D eigenvalue weighted by atomic mass is 10.00. The Morgan fingerprint density at radius 2 is 0.893 bits per heavy atom. The summed E-state index contributed by atoms with van der Waals surface area (Å²) in [6.45, 7) is 0. The van der Waals surface area contributed by atoms with E-state index in [-0.39, 0.29) is 27.6 Å². The fourth-order valence-electron chi connectivity index (χ4n) is 7.44. The van der Waals surface area contributed by atoms with Crippen LogP contribution in [0.1, 0.15) is 11.0 Å². The van der Waals surface area contributed by atoms with Gasteiger partial charge in [-0.25, -0.2) is 15.0 Å². The topological polar surface area (TPSA) is 56.7 Å². The number of hydrogen-bond acceptors (Lipinski definition) is 4. The van der Waals surface area contributed by atoms with Gasteiger partial charge in [0.15, 0.2) is 17.5 Å². The highest BCUT2D eigenvalue weighted by molar-refractivity contribution is 6.10. The Balaban J connectivity index is 1.23. The van der Waals surface area contributed by atoms with Crippen molar-refractivity contribution in [1.29, 1.82) is 0 Å². The standard InChI is InChI=1S/C51H32N4O/c1-3-13-33(14-4-1)34-23-25-36(26-24-34)50-52-49(35-15-5-2-6-16-35)53-51(54-50)43-30-28-37(38-27-29-42-41-19-9-12-22-47(41)56-48(42)32-38)31-46(43)55-44-20-10-7-17-39(44)40-18-8-11-21-45(40)55/h1-32H/i7D,8D,10D,11D,17D,18D,20D,21D. The van der Waals surface area contributed by atoms with Gasteiger partial charge in [0.2, 0.25) is 0 Å². The van der Waals surface area contributed by atoms with Crippen LogP contribution in [0, 0.1) is 0 Å². The maximum atomic E-state index is 9.32. The summed E-state index contributed by atoms with van der Waals surface area (Å²) in [5.74, 6) is 0.978. The lowest BCUT2D eigenvalue weighted by Crippen LogP contribution is -2.04. The van der Waals surface area contributed by atoms with Crippen molar-refractivity contribution in [1.82, 2.24) is 19.5 Å². The van der Waals surface area contributed by atoms with Crippen molar-refractivity contribution in [3.05, 3.63) is 194 Å². The molecule has 3 aromatic heterocycles. The summed E-state index contributed by atoms with van der Waals surface area (Å²) < 4.78 is 79.6. The zero-order chi connectivity index (χ0) is 44.0. The molecular weight excluding hydrogens is 685 g/mol. The molecule has 262 valence electrons. The number of hydrogen-bond donors (Lipinski definition) is 0. The molecule has 0 aliphatic rings. The first-order valence-electron chi connectivity index (χ1n) is 22.1. The number of benzene rings is 8. The van der Waals surface area contributed by atoms with Gasteiger partial charge in [0.05, 0.1) is 27.7 Å². The minimum absolute atomic E-state index is 0.0202. The van der Waals surface area contributed by atoms with E-state index in [0.29, 0.717) is 34.0 Å². The van der Waals surface area contributed by atoms with E-state index >= 15 is 0 Å². The van der Waals surface area contributed by atoms with Gasteiger partial charge in [-0.05, 0) is 64.7 Å². The minimum atomic E-state index is -0.523. The molecular formula is C51H32N4O. The molecule has 0 radical (unpaired) electrons. The minimum Gasteiger partial charge on any atom is -0.456 e. The van der Waals surface area contributed by atoms with Gasteiger partial charge in [0, 0.05) is 38.2 Å². The zero-order valence-corrected chi connectivity index (χ0v) is 29.6. The molecule has 0 aliphatic carbocycles. The third-order valence-electron chi connectivity index (χ3n) is 10.1. The van der Waals surface area contributed by atoms with E-state index in [9.17, 15) is 2.74 Å². The van der Waals surface area contributed by atoms with Crippen molar-refractivity contribution < 1.29 is 15.4 Å². The van der Waals surface area contributed by atoms with Gasteiger partial charge >= 0.3 is 0 Å². The normalized spacial score (nSPS) is 13.6. The summed E-state index contributed by atoms with van der Waals surface area (Å²) in [4.78, 5) is 15.1. The van der Waals surface area contributed by atoms with Crippen molar-refractivity contribution in [2.24, 2.45) is 0 Å². The number of nitrogens with zero attached hydrogens (tertiary/aromatic N) is 4. The van der Waals surface area contributed by atoms with E-state index in [1.807, 2.05) is 146 Å². The highest BCUT2D eigenvalue weighted by Gasteiger charge is 2.21. The SMILES string of the molecule is [2H]c1c([2H])c([2H])c2c(c1[2H])c1c([2H])c([2H])c([2H])c([2H])c1n2-c1cc(-c2ccc3c(c2)oc2ccccc23)ccc1-c1nc(-c2ccccc2)nc(-c2ccc(-c3ccccc3)cc2)n1. The molecule has 11 rings (SSSR count). The number of fused-ring (bicyclic) bond motifs is 6. The Morgan fingerprint density at radius 3 is 1.61 bits per heavy atom. The number of rotatable bonds is 6. The van der Waals surface area contributed by atoms with Crippen LogP contribution in [-0.2, 0) is 0 Å². The van der Waals surface area contributed by atoms with E-state index in [1.165, 1.54) is 4.57 Å². The predicted octanol–water partition coefficient (Wildman–Crippen LogP) is 13.2. The Labute approximate surface area is 334 Å². The molecule has 0 aliphatic heterocycles. The van der Waals surface area contributed by atoms with Gasteiger partial charge in [-0.1, -0.05) is 152 Å². The van der Waals surface area contributed by atoms with E-state index in [0.717, 1.165) is 44.2 Å². The molecule has 5 heteroatoms. The summed E-state index contributed by atoms with van der Waals surface area (Å²) in [6, 6.07) is 43.0. The monoisotopic (exact) mass is 724 g/mol. The van der Waals surface area contributed by atoms with Gasteiger partial charge in [-0.2, -0.15) is 0 Å². The molecule has 8 aromatic carbocycles. The second-order valence-corrected chi connectivity index (χ2v) is 13.4. The average Bonchev–Trinajstić information content (AvgIpc) is 3.91. The van der Waals surface area contributed by atoms with Crippen molar-refractivity contribution in [2.45, 2.75) is 0 Å². The van der Waals surface area contributed by atoms with Gasteiger partial charge < -0.3 is 8.98 Å². The van der Waals surface area contributed by atoms with Crippen molar-refractivity contribution >= 4 is 43.7 Å². The number of aromatic nitrogens is 4. The summed E-state index contributed by atoms with van der Waals surface area (Å²) in [7, 11) is 0. The molecule has 0 atom stereocenters. The van der Waals surface area contributed by atoms with Crippen LogP contribution in [-0.4, -0.2) is 19.5 Å². The van der Waals surface area contributed by atoms with Crippen LogP contribution < -0.4 is 0 Å². The Bertz CT molecular complexity index is 3630. The third kappa shape index (κ3) is 5.37. The highest BCUT2D eigenvalue weighted by atomic mass is 16.3. The molecule has 0 saturated carbocycles. The van der Waals surface area contributed by atoms with Crippen LogP contribution in [0.5, 0.6) is 0 Å². The van der Waals surface area contributed by atoms with Crippen molar-refractivity contribution in [3.8, 4) is 62.1 Å². The smallest absolute Gasteiger partial charge is 0.166 e. The Morgan fingerprint density at radius 1 is 0.393 bits per heavy atom. The van der Waals surface area contributed by atoms with E-state index in [2.05, 4.69) is 0 Å². The fourth-order valence-corrected chi connectivity index (χ4v) is 7.44. The van der Waals surface area contributed by atoms with Crippen LogP contribution in [0.15, 0.2) is 198 Å². The van der Waals surface area contributed by atoms with Crippen LogP contribution in [0.3, 0.4) is 0 Å². The fraction of sp³-hybridized carbons (Fsp3) is 0. The number of para-hydroxylation sites is 3. The largest absolute Gasteiger partial charge is 0.456 e. The molecule has 0 N–H and O–H groups in total. The van der Waals surface area contributed by atoms with Crippen molar-refractivity contribution in [2.75, 3.05) is 0 Å². The first-order chi connectivity index (χ1) is 31.1. The third-order valence-corrected chi connectivity index (χ3v) is 10.1. The van der Waals surface area contributed by atoms with Gasteiger partial charge in [-0.3, -0.25) is 0 Å².